The van der Waals surface area contributed by atoms with E-state index in [-0.39, 0.29) is 0 Å². The Morgan fingerprint density at radius 2 is 1.76 bits per heavy atom. The van der Waals surface area contributed by atoms with Gasteiger partial charge in [0.2, 0.25) is 0 Å². The molecule has 1 unspecified atom stereocenters. The second-order valence-corrected chi connectivity index (χ2v) is 6.67. The quantitative estimate of drug-likeness (QED) is 0.500. The number of aromatic nitrogens is 1. The topological polar surface area (TPSA) is 17.0 Å². The molecule has 1 heterocycles. The Morgan fingerprint density at radius 1 is 0.920 bits per heavy atom. The molecule has 4 aromatic rings. The van der Waals surface area contributed by atoms with E-state index in [4.69, 9.17) is 0 Å². The summed E-state index contributed by atoms with van der Waals surface area (Å²) >= 11 is 0. The third kappa shape index (κ3) is 3.06. The predicted molar refractivity (Wildman–Crippen MR) is 107 cm³/mol. The Hall–Kier alpha value is -2.58. The van der Waals surface area contributed by atoms with Crippen LogP contribution in [0.3, 0.4) is 0 Å². The number of aryl methyl sites for hydroxylation is 1. The van der Waals surface area contributed by atoms with Gasteiger partial charge in [0.25, 0.3) is 0 Å². The van der Waals surface area contributed by atoms with E-state index < -0.39 is 0 Å². The Labute approximate surface area is 149 Å². The molecule has 1 aromatic heterocycles. The van der Waals surface area contributed by atoms with Crippen molar-refractivity contribution in [1.29, 1.82) is 0 Å². The smallest absolute Gasteiger partial charge is 0.0480 e. The van der Waals surface area contributed by atoms with Gasteiger partial charge in [-0.05, 0) is 59.3 Å². The number of hydrogen-bond donors (Lipinski definition) is 1. The molecule has 4 rings (SSSR count). The predicted octanol–water partition coefficient (Wildman–Crippen LogP) is 5.67. The van der Waals surface area contributed by atoms with E-state index in [0.29, 0.717) is 6.04 Å². The van der Waals surface area contributed by atoms with Gasteiger partial charge in [-0.3, -0.25) is 0 Å². The molecule has 0 radical (unpaired) electrons. The summed E-state index contributed by atoms with van der Waals surface area (Å²) in [5.41, 5.74) is 4.00. The minimum atomic E-state index is 0.307. The number of hydrogen-bond acceptors (Lipinski definition) is 1. The van der Waals surface area contributed by atoms with Crippen molar-refractivity contribution < 1.29 is 0 Å². The van der Waals surface area contributed by atoms with Gasteiger partial charge in [0.15, 0.2) is 0 Å². The minimum Gasteiger partial charge on any atom is -0.348 e. The lowest BCUT2D eigenvalue weighted by molar-refractivity contribution is 0.578. The normalized spacial score (nSPS) is 12.7. The molecule has 0 fully saturated rings. The van der Waals surface area contributed by atoms with Crippen molar-refractivity contribution in [3.05, 3.63) is 84.1 Å². The highest BCUT2D eigenvalue weighted by Gasteiger charge is 2.09. The molecule has 0 aliphatic heterocycles. The number of benzene rings is 3. The zero-order valence-corrected chi connectivity index (χ0v) is 14.9. The third-order valence-corrected chi connectivity index (χ3v) is 5.08. The first-order chi connectivity index (χ1) is 12.3. The average molecular weight is 328 g/mol. The van der Waals surface area contributed by atoms with E-state index in [1.165, 1.54) is 32.8 Å². The summed E-state index contributed by atoms with van der Waals surface area (Å²) in [6.45, 7) is 6.31. The lowest BCUT2D eigenvalue weighted by Crippen LogP contribution is -2.18. The van der Waals surface area contributed by atoms with Gasteiger partial charge in [-0.25, -0.2) is 0 Å². The molecule has 0 amide bonds. The van der Waals surface area contributed by atoms with Gasteiger partial charge in [0.05, 0.1) is 0 Å². The maximum absolute atomic E-state index is 3.69. The van der Waals surface area contributed by atoms with Crippen LogP contribution in [0.1, 0.15) is 31.0 Å². The summed E-state index contributed by atoms with van der Waals surface area (Å²) < 4.78 is 2.28. The van der Waals surface area contributed by atoms with Crippen molar-refractivity contribution in [3.8, 4) is 0 Å². The molecule has 0 aliphatic rings. The van der Waals surface area contributed by atoms with E-state index in [9.17, 15) is 0 Å². The molecule has 0 bridgehead atoms. The van der Waals surface area contributed by atoms with Gasteiger partial charge < -0.3 is 9.88 Å². The highest BCUT2D eigenvalue weighted by Crippen LogP contribution is 2.24. The van der Waals surface area contributed by atoms with Crippen molar-refractivity contribution in [3.63, 3.8) is 0 Å². The van der Waals surface area contributed by atoms with Gasteiger partial charge >= 0.3 is 0 Å². The first-order valence-electron chi connectivity index (χ1n) is 9.05. The van der Waals surface area contributed by atoms with Crippen LogP contribution in [-0.4, -0.2) is 4.57 Å². The fraction of sp³-hybridized carbons (Fsp3) is 0.217. The lowest BCUT2D eigenvalue weighted by atomic mass is 9.99. The van der Waals surface area contributed by atoms with Crippen molar-refractivity contribution in [2.75, 3.05) is 0 Å². The SMILES string of the molecule is CCn1ccc2cc(CNC(C)c3cccc4ccccc34)ccc21. The zero-order chi connectivity index (χ0) is 17.2. The molecule has 0 saturated carbocycles. The summed E-state index contributed by atoms with van der Waals surface area (Å²) in [5.74, 6) is 0. The fourth-order valence-electron chi connectivity index (χ4n) is 3.64. The van der Waals surface area contributed by atoms with Crippen LogP contribution in [0.15, 0.2) is 72.9 Å². The number of rotatable bonds is 5. The number of nitrogens with zero attached hydrogens (tertiary/aromatic N) is 1. The van der Waals surface area contributed by atoms with E-state index >= 15 is 0 Å². The molecule has 2 nitrogen and oxygen atoms in total. The summed E-state index contributed by atoms with van der Waals surface area (Å²) in [6, 6.07) is 24.4. The highest BCUT2D eigenvalue weighted by molar-refractivity contribution is 5.86. The molecule has 3 aromatic carbocycles. The summed E-state index contributed by atoms with van der Waals surface area (Å²) in [5, 5.41) is 7.64. The molecule has 1 N–H and O–H groups in total. The van der Waals surface area contributed by atoms with E-state index in [2.05, 4.69) is 96.7 Å². The Bertz CT molecular complexity index is 1010. The summed E-state index contributed by atoms with van der Waals surface area (Å²) in [4.78, 5) is 0. The Balaban J connectivity index is 1.54. The van der Waals surface area contributed by atoms with Crippen molar-refractivity contribution in [2.45, 2.75) is 33.0 Å². The van der Waals surface area contributed by atoms with Crippen molar-refractivity contribution in [1.82, 2.24) is 9.88 Å². The van der Waals surface area contributed by atoms with Gasteiger partial charge in [-0.2, -0.15) is 0 Å². The highest BCUT2D eigenvalue weighted by atomic mass is 14.9. The zero-order valence-electron chi connectivity index (χ0n) is 14.9. The first kappa shape index (κ1) is 15.9. The second kappa shape index (κ2) is 6.73. The van der Waals surface area contributed by atoms with Crippen LogP contribution in [0.25, 0.3) is 21.7 Å². The molecule has 25 heavy (non-hydrogen) atoms. The van der Waals surface area contributed by atoms with E-state index in [1.807, 2.05) is 0 Å². The Morgan fingerprint density at radius 3 is 2.64 bits per heavy atom. The van der Waals surface area contributed by atoms with Crippen LogP contribution in [0.2, 0.25) is 0 Å². The fourth-order valence-corrected chi connectivity index (χ4v) is 3.64. The van der Waals surface area contributed by atoms with Crippen LogP contribution in [-0.2, 0) is 13.1 Å². The largest absolute Gasteiger partial charge is 0.348 e. The van der Waals surface area contributed by atoms with Crippen LogP contribution in [0, 0.1) is 0 Å². The average Bonchev–Trinajstić information content (AvgIpc) is 3.08. The number of nitrogens with one attached hydrogen (secondary N) is 1. The molecule has 0 spiro atoms. The van der Waals surface area contributed by atoms with Gasteiger partial charge in [-0.15, -0.1) is 0 Å². The van der Waals surface area contributed by atoms with Crippen molar-refractivity contribution >= 4 is 21.7 Å². The van der Waals surface area contributed by atoms with Gasteiger partial charge in [0, 0.05) is 30.8 Å². The Kier molecular flexibility index (Phi) is 4.29. The van der Waals surface area contributed by atoms with Gasteiger partial charge in [0.1, 0.15) is 0 Å². The molecule has 126 valence electrons. The molecule has 1 atom stereocenters. The molecular formula is C23H24N2. The molecular weight excluding hydrogens is 304 g/mol. The summed E-state index contributed by atoms with van der Waals surface area (Å²) in [6.07, 6.45) is 2.17. The molecule has 0 aliphatic carbocycles. The van der Waals surface area contributed by atoms with Crippen LogP contribution in [0.5, 0.6) is 0 Å². The maximum atomic E-state index is 3.69. The minimum absolute atomic E-state index is 0.307. The monoisotopic (exact) mass is 328 g/mol. The molecule has 0 saturated heterocycles. The summed E-state index contributed by atoms with van der Waals surface area (Å²) in [7, 11) is 0. The van der Waals surface area contributed by atoms with Gasteiger partial charge in [-0.1, -0.05) is 48.5 Å². The van der Waals surface area contributed by atoms with Crippen LogP contribution in [0.4, 0.5) is 0 Å². The molecule has 2 heteroatoms. The van der Waals surface area contributed by atoms with Crippen LogP contribution >= 0.6 is 0 Å². The maximum Gasteiger partial charge on any atom is 0.0480 e. The lowest BCUT2D eigenvalue weighted by Gasteiger charge is -2.17. The second-order valence-electron chi connectivity index (χ2n) is 6.67. The third-order valence-electron chi connectivity index (χ3n) is 5.08. The van der Waals surface area contributed by atoms with E-state index in [0.717, 1.165) is 13.1 Å². The number of fused-ring (bicyclic) bond motifs is 2. The van der Waals surface area contributed by atoms with Crippen molar-refractivity contribution in [2.24, 2.45) is 0 Å². The standard InChI is InChI=1S/C23H24N2/c1-3-25-14-13-20-15-18(11-12-23(20)25)16-24-17(2)21-10-6-8-19-7-4-5-9-22(19)21/h4-15,17,24H,3,16H2,1-2H3. The first-order valence-corrected chi connectivity index (χ1v) is 9.05. The van der Waals surface area contributed by atoms with E-state index in [1.54, 1.807) is 0 Å². The van der Waals surface area contributed by atoms with Crippen LogP contribution < -0.4 is 5.32 Å².